The molecular formula is C24H28N4O5. The van der Waals surface area contributed by atoms with E-state index < -0.39 is 0 Å². The maximum Gasteiger partial charge on any atom is 0.319 e. The Morgan fingerprint density at radius 2 is 1.67 bits per heavy atom. The molecule has 0 radical (unpaired) electrons. The van der Waals surface area contributed by atoms with Crippen LogP contribution in [-0.2, 0) is 4.79 Å². The van der Waals surface area contributed by atoms with Crippen molar-refractivity contribution in [3.63, 3.8) is 0 Å². The van der Waals surface area contributed by atoms with Crippen LogP contribution in [0.1, 0.15) is 30.1 Å². The molecule has 0 atom stereocenters. The fraction of sp³-hybridized carbons (Fsp3) is 0.375. The molecule has 1 saturated heterocycles. The summed E-state index contributed by atoms with van der Waals surface area (Å²) in [6.45, 7) is 4.21. The van der Waals surface area contributed by atoms with E-state index in [2.05, 4.69) is 20.9 Å². The molecule has 0 aromatic heterocycles. The van der Waals surface area contributed by atoms with E-state index in [1.165, 1.54) is 6.92 Å². The van der Waals surface area contributed by atoms with E-state index in [0.717, 1.165) is 12.8 Å². The first-order chi connectivity index (χ1) is 16.0. The standard InChI is InChI=1S/C24H28N4O5/c1-16(29)17-3-2-4-19(13-17)27-24(31)26-18-7-9-28(10-8-18)15-23(30)25-20-5-6-21-22(14-20)33-12-11-32-21/h2-6,13-14,18H,7-12,15H2,1H3,(H,25,30)(H2,26,27,31). The second-order valence-electron chi connectivity index (χ2n) is 8.19. The number of carbonyl (C=O) groups is 3. The lowest BCUT2D eigenvalue weighted by atomic mass is 10.1. The molecule has 174 valence electrons. The Morgan fingerprint density at radius 1 is 0.939 bits per heavy atom. The number of fused-ring (bicyclic) bond motifs is 1. The van der Waals surface area contributed by atoms with Crippen molar-refractivity contribution in [3.8, 4) is 11.5 Å². The highest BCUT2D eigenvalue weighted by Crippen LogP contribution is 2.32. The van der Waals surface area contributed by atoms with Crippen LogP contribution in [0, 0.1) is 0 Å². The summed E-state index contributed by atoms with van der Waals surface area (Å²) in [5.74, 6) is 1.17. The Kier molecular flexibility index (Phi) is 7.09. The van der Waals surface area contributed by atoms with E-state index in [9.17, 15) is 14.4 Å². The highest BCUT2D eigenvalue weighted by molar-refractivity contribution is 5.96. The second-order valence-corrected chi connectivity index (χ2v) is 8.19. The van der Waals surface area contributed by atoms with Gasteiger partial charge in [0.15, 0.2) is 17.3 Å². The molecule has 33 heavy (non-hydrogen) atoms. The van der Waals surface area contributed by atoms with E-state index in [1.54, 1.807) is 42.5 Å². The molecule has 0 saturated carbocycles. The molecule has 2 heterocycles. The zero-order chi connectivity index (χ0) is 23.2. The first kappa shape index (κ1) is 22.6. The molecule has 1 fully saturated rings. The maximum absolute atomic E-state index is 12.5. The van der Waals surface area contributed by atoms with Crippen LogP contribution in [0.2, 0.25) is 0 Å². The van der Waals surface area contributed by atoms with Crippen LogP contribution in [0.3, 0.4) is 0 Å². The molecule has 3 N–H and O–H groups in total. The van der Waals surface area contributed by atoms with Gasteiger partial charge >= 0.3 is 6.03 Å². The van der Waals surface area contributed by atoms with Crippen molar-refractivity contribution in [1.82, 2.24) is 10.2 Å². The quantitative estimate of drug-likeness (QED) is 0.582. The number of hydrogen-bond acceptors (Lipinski definition) is 6. The van der Waals surface area contributed by atoms with Gasteiger partial charge in [0.05, 0.1) is 6.54 Å². The maximum atomic E-state index is 12.5. The average Bonchev–Trinajstić information content (AvgIpc) is 2.80. The number of nitrogens with zero attached hydrogens (tertiary/aromatic N) is 1. The number of Topliss-reactive ketones (excluding diaryl/α,β-unsaturated/α-hetero) is 1. The lowest BCUT2D eigenvalue weighted by Crippen LogP contribution is -2.47. The average molecular weight is 453 g/mol. The van der Waals surface area contributed by atoms with Gasteiger partial charge in [0.2, 0.25) is 5.91 Å². The topological polar surface area (TPSA) is 109 Å². The van der Waals surface area contributed by atoms with E-state index >= 15 is 0 Å². The van der Waals surface area contributed by atoms with Crippen LogP contribution in [0.5, 0.6) is 11.5 Å². The molecule has 2 aliphatic heterocycles. The van der Waals surface area contributed by atoms with Crippen molar-refractivity contribution >= 4 is 29.1 Å². The normalized spacial score (nSPS) is 16.0. The van der Waals surface area contributed by atoms with Crippen LogP contribution in [0.4, 0.5) is 16.2 Å². The minimum Gasteiger partial charge on any atom is -0.486 e. The molecule has 0 aliphatic carbocycles. The number of benzene rings is 2. The number of urea groups is 1. The second kappa shape index (κ2) is 10.4. The van der Waals surface area contributed by atoms with Crippen LogP contribution >= 0.6 is 0 Å². The van der Waals surface area contributed by atoms with Crippen molar-refractivity contribution in [2.45, 2.75) is 25.8 Å². The fourth-order valence-electron chi connectivity index (χ4n) is 3.93. The van der Waals surface area contributed by atoms with Gasteiger partial charge in [-0.1, -0.05) is 12.1 Å². The van der Waals surface area contributed by atoms with Crippen molar-refractivity contribution in [2.75, 3.05) is 43.5 Å². The molecule has 0 unspecified atom stereocenters. The molecule has 2 aromatic rings. The first-order valence-electron chi connectivity index (χ1n) is 11.1. The lowest BCUT2D eigenvalue weighted by molar-refractivity contribution is -0.117. The highest BCUT2D eigenvalue weighted by Gasteiger charge is 2.22. The van der Waals surface area contributed by atoms with Gasteiger partial charge in [-0.25, -0.2) is 4.79 Å². The minimum atomic E-state index is -0.300. The Hall–Kier alpha value is -3.59. The predicted octanol–water partition coefficient (Wildman–Crippen LogP) is 2.89. The number of likely N-dealkylation sites (tertiary alicyclic amines) is 1. The predicted molar refractivity (Wildman–Crippen MR) is 124 cm³/mol. The highest BCUT2D eigenvalue weighted by atomic mass is 16.6. The summed E-state index contributed by atoms with van der Waals surface area (Å²) in [6.07, 6.45) is 1.50. The summed E-state index contributed by atoms with van der Waals surface area (Å²) in [6, 6.07) is 11.9. The van der Waals surface area contributed by atoms with Gasteiger partial charge in [-0.2, -0.15) is 0 Å². The van der Waals surface area contributed by atoms with Crippen molar-refractivity contribution in [2.24, 2.45) is 0 Å². The molecular weight excluding hydrogens is 424 g/mol. The number of hydrogen-bond donors (Lipinski definition) is 3. The third kappa shape index (κ3) is 6.23. The number of anilines is 2. The molecule has 3 amide bonds. The zero-order valence-electron chi connectivity index (χ0n) is 18.6. The van der Waals surface area contributed by atoms with Gasteiger partial charge < -0.3 is 25.4 Å². The molecule has 9 heteroatoms. The van der Waals surface area contributed by atoms with Crippen molar-refractivity contribution < 1.29 is 23.9 Å². The summed E-state index contributed by atoms with van der Waals surface area (Å²) in [7, 11) is 0. The molecule has 0 spiro atoms. The molecule has 2 aromatic carbocycles. The summed E-state index contributed by atoms with van der Waals surface area (Å²) in [5.41, 5.74) is 1.80. The molecule has 2 aliphatic rings. The van der Waals surface area contributed by atoms with Crippen LogP contribution in [-0.4, -0.2) is 61.5 Å². The molecule has 0 bridgehead atoms. The monoisotopic (exact) mass is 452 g/mol. The summed E-state index contributed by atoms with van der Waals surface area (Å²) in [4.78, 5) is 38.3. The van der Waals surface area contributed by atoms with Gasteiger partial charge in [-0.15, -0.1) is 0 Å². The Morgan fingerprint density at radius 3 is 2.42 bits per heavy atom. The first-order valence-corrected chi connectivity index (χ1v) is 11.1. The Balaban J connectivity index is 1.19. The Labute approximate surface area is 192 Å². The number of ketones is 1. The van der Waals surface area contributed by atoms with Crippen LogP contribution in [0.25, 0.3) is 0 Å². The number of amides is 3. The zero-order valence-corrected chi connectivity index (χ0v) is 18.6. The van der Waals surface area contributed by atoms with E-state index in [0.29, 0.717) is 54.7 Å². The van der Waals surface area contributed by atoms with Gasteiger partial charge in [-0.3, -0.25) is 14.5 Å². The van der Waals surface area contributed by atoms with Crippen molar-refractivity contribution in [1.29, 1.82) is 0 Å². The largest absolute Gasteiger partial charge is 0.486 e. The number of nitrogens with one attached hydrogen (secondary N) is 3. The van der Waals surface area contributed by atoms with Gasteiger partial charge in [0.1, 0.15) is 13.2 Å². The van der Waals surface area contributed by atoms with E-state index in [1.807, 2.05) is 0 Å². The lowest BCUT2D eigenvalue weighted by Gasteiger charge is -2.31. The van der Waals surface area contributed by atoms with E-state index in [-0.39, 0.29) is 30.3 Å². The van der Waals surface area contributed by atoms with Gasteiger partial charge in [-0.05, 0) is 44.0 Å². The molecule has 4 rings (SSSR count). The van der Waals surface area contributed by atoms with Crippen LogP contribution in [0.15, 0.2) is 42.5 Å². The summed E-state index contributed by atoms with van der Waals surface area (Å²) >= 11 is 0. The minimum absolute atomic E-state index is 0.0260. The fourth-order valence-corrected chi connectivity index (χ4v) is 3.93. The number of rotatable bonds is 6. The van der Waals surface area contributed by atoms with E-state index in [4.69, 9.17) is 9.47 Å². The third-order valence-electron chi connectivity index (χ3n) is 5.64. The van der Waals surface area contributed by atoms with Gasteiger partial charge in [0.25, 0.3) is 0 Å². The summed E-state index contributed by atoms with van der Waals surface area (Å²) in [5, 5.41) is 8.65. The number of ether oxygens (including phenoxy) is 2. The summed E-state index contributed by atoms with van der Waals surface area (Å²) < 4.78 is 11.0. The van der Waals surface area contributed by atoms with Gasteiger partial charge in [0, 0.05) is 42.1 Å². The van der Waals surface area contributed by atoms with Crippen molar-refractivity contribution in [3.05, 3.63) is 48.0 Å². The number of carbonyl (C=O) groups excluding carboxylic acids is 3. The van der Waals surface area contributed by atoms with Crippen LogP contribution < -0.4 is 25.4 Å². The SMILES string of the molecule is CC(=O)c1cccc(NC(=O)NC2CCN(CC(=O)Nc3ccc4c(c3)OCCO4)CC2)c1. The third-order valence-corrected chi connectivity index (χ3v) is 5.64. The smallest absolute Gasteiger partial charge is 0.319 e. The molecule has 9 nitrogen and oxygen atoms in total. The number of piperidine rings is 1. The Bertz CT molecular complexity index is 1030.